The molecule has 1 fully saturated rings. The van der Waals surface area contributed by atoms with E-state index in [0.717, 1.165) is 16.6 Å². The smallest absolute Gasteiger partial charge is 0.399 e. The van der Waals surface area contributed by atoms with Crippen LogP contribution in [0.5, 0.6) is 0 Å². The molecular weight excluding hydrogens is 305 g/mol. The molecular formula is C18H20BNO4. The van der Waals surface area contributed by atoms with Gasteiger partial charge in [0.1, 0.15) is 0 Å². The van der Waals surface area contributed by atoms with Gasteiger partial charge in [0.05, 0.1) is 16.1 Å². The summed E-state index contributed by atoms with van der Waals surface area (Å²) in [5.74, 6) is 0. The lowest BCUT2D eigenvalue weighted by Crippen LogP contribution is -2.41. The summed E-state index contributed by atoms with van der Waals surface area (Å²) in [6.45, 7) is 8.05. The number of nitro benzene ring substituents is 1. The van der Waals surface area contributed by atoms with Crippen LogP contribution in [0.1, 0.15) is 27.7 Å². The summed E-state index contributed by atoms with van der Waals surface area (Å²) >= 11 is 0. The highest BCUT2D eigenvalue weighted by Crippen LogP contribution is 2.36. The van der Waals surface area contributed by atoms with Gasteiger partial charge in [-0.3, -0.25) is 10.1 Å². The van der Waals surface area contributed by atoms with E-state index in [1.54, 1.807) is 12.1 Å². The minimum Gasteiger partial charge on any atom is -0.399 e. The van der Waals surface area contributed by atoms with E-state index in [4.69, 9.17) is 9.31 Å². The third kappa shape index (κ3) is 2.95. The molecule has 0 amide bonds. The highest BCUT2D eigenvalue weighted by Gasteiger charge is 2.51. The van der Waals surface area contributed by atoms with Gasteiger partial charge >= 0.3 is 7.12 Å². The molecule has 124 valence electrons. The summed E-state index contributed by atoms with van der Waals surface area (Å²) in [4.78, 5) is 10.6. The van der Waals surface area contributed by atoms with Gasteiger partial charge in [0.2, 0.25) is 0 Å². The van der Waals surface area contributed by atoms with E-state index in [9.17, 15) is 10.1 Å². The van der Waals surface area contributed by atoms with E-state index < -0.39 is 18.3 Å². The van der Waals surface area contributed by atoms with Crippen LogP contribution in [0.4, 0.5) is 5.69 Å². The average Bonchev–Trinajstić information content (AvgIpc) is 2.76. The van der Waals surface area contributed by atoms with E-state index in [1.165, 1.54) is 6.07 Å². The first-order valence-electron chi connectivity index (χ1n) is 7.90. The molecule has 1 heterocycles. The van der Waals surface area contributed by atoms with Gasteiger partial charge in [-0.15, -0.1) is 0 Å². The summed E-state index contributed by atoms with van der Waals surface area (Å²) < 4.78 is 12.1. The molecule has 2 aromatic rings. The summed E-state index contributed by atoms with van der Waals surface area (Å²) in [6, 6.07) is 14.3. The Hall–Kier alpha value is -2.18. The molecule has 6 heteroatoms. The SMILES string of the molecule is CC1(C)OB(c2cccc(-c3cccc([N+](=O)[O-])c3)c2)OC1(C)C. The fourth-order valence-corrected chi connectivity index (χ4v) is 2.64. The molecule has 0 saturated carbocycles. The zero-order chi connectivity index (χ0) is 17.5. The highest BCUT2D eigenvalue weighted by molar-refractivity contribution is 6.62. The second kappa shape index (κ2) is 5.72. The van der Waals surface area contributed by atoms with Crippen molar-refractivity contribution in [1.82, 2.24) is 0 Å². The lowest BCUT2D eigenvalue weighted by Gasteiger charge is -2.32. The van der Waals surface area contributed by atoms with Crippen LogP contribution in [0, 0.1) is 10.1 Å². The Balaban J connectivity index is 1.94. The summed E-state index contributed by atoms with van der Waals surface area (Å²) in [6.07, 6.45) is 0. The number of nitro groups is 1. The van der Waals surface area contributed by atoms with Gasteiger partial charge in [-0.1, -0.05) is 36.4 Å². The Labute approximate surface area is 141 Å². The van der Waals surface area contributed by atoms with Gasteiger partial charge in [0, 0.05) is 12.1 Å². The van der Waals surface area contributed by atoms with Crippen molar-refractivity contribution in [1.29, 1.82) is 0 Å². The van der Waals surface area contributed by atoms with Crippen molar-refractivity contribution in [3.63, 3.8) is 0 Å². The summed E-state index contributed by atoms with van der Waals surface area (Å²) in [5.41, 5.74) is 1.86. The summed E-state index contributed by atoms with van der Waals surface area (Å²) in [7, 11) is -0.450. The van der Waals surface area contributed by atoms with Crippen molar-refractivity contribution in [2.75, 3.05) is 0 Å². The molecule has 24 heavy (non-hydrogen) atoms. The average molecular weight is 325 g/mol. The fraction of sp³-hybridized carbons (Fsp3) is 0.333. The van der Waals surface area contributed by atoms with Crippen LogP contribution >= 0.6 is 0 Å². The standard InChI is InChI=1S/C18H20BNO4/c1-17(2)18(3,4)24-19(23-17)15-9-5-7-13(11-15)14-8-6-10-16(12-14)20(21)22/h5-12H,1-4H3. The lowest BCUT2D eigenvalue weighted by atomic mass is 9.78. The molecule has 0 aliphatic carbocycles. The molecule has 5 nitrogen and oxygen atoms in total. The first-order chi connectivity index (χ1) is 11.2. The molecule has 0 N–H and O–H groups in total. The largest absolute Gasteiger partial charge is 0.494 e. The van der Waals surface area contributed by atoms with E-state index >= 15 is 0 Å². The minimum atomic E-state index is -0.450. The predicted octanol–water partition coefficient (Wildman–Crippen LogP) is 3.56. The highest BCUT2D eigenvalue weighted by atomic mass is 16.7. The molecule has 0 unspecified atom stereocenters. The van der Waals surface area contributed by atoms with Gasteiger partial charge in [0.25, 0.3) is 5.69 Å². The number of rotatable bonds is 3. The fourth-order valence-electron chi connectivity index (χ4n) is 2.64. The first kappa shape index (κ1) is 16.7. The van der Waals surface area contributed by atoms with E-state index in [1.807, 2.05) is 58.0 Å². The zero-order valence-corrected chi connectivity index (χ0v) is 14.3. The van der Waals surface area contributed by atoms with Crippen LogP contribution in [0.3, 0.4) is 0 Å². The molecule has 0 aromatic heterocycles. The Morgan fingerprint density at radius 3 is 2.04 bits per heavy atom. The molecule has 1 aliphatic rings. The second-order valence-electron chi connectivity index (χ2n) is 7.02. The summed E-state index contributed by atoms with van der Waals surface area (Å²) in [5, 5.41) is 11.0. The molecule has 0 bridgehead atoms. The third-order valence-electron chi connectivity index (χ3n) is 4.80. The quantitative estimate of drug-likeness (QED) is 0.492. The van der Waals surface area contributed by atoms with Gasteiger partial charge in [-0.2, -0.15) is 0 Å². The van der Waals surface area contributed by atoms with Crippen LogP contribution in [0.25, 0.3) is 11.1 Å². The van der Waals surface area contributed by atoms with Crippen molar-refractivity contribution in [2.45, 2.75) is 38.9 Å². The number of non-ortho nitro benzene ring substituents is 1. The lowest BCUT2D eigenvalue weighted by molar-refractivity contribution is -0.384. The Morgan fingerprint density at radius 1 is 0.917 bits per heavy atom. The van der Waals surface area contributed by atoms with Crippen molar-refractivity contribution >= 4 is 18.3 Å². The van der Waals surface area contributed by atoms with E-state index in [0.29, 0.717) is 0 Å². The molecule has 0 radical (unpaired) electrons. The van der Waals surface area contributed by atoms with E-state index in [2.05, 4.69) is 0 Å². The number of hydrogen-bond acceptors (Lipinski definition) is 4. The van der Waals surface area contributed by atoms with Crippen molar-refractivity contribution < 1.29 is 14.2 Å². The molecule has 1 aliphatic heterocycles. The molecule has 0 spiro atoms. The minimum absolute atomic E-state index is 0.0773. The normalized spacial score (nSPS) is 18.6. The van der Waals surface area contributed by atoms with Crippen LogP contribution in [-0.4, -0.2) is 23.2 Å². The van der Waals surface area contributed by atoms with Crippen LogP contribution in [-0.2, 0) is 9.31 Å². The Bertz CT molecular complexity index is 772. The maximum Gasteiger partial charge on any atom is 0.494 e. The van der Waals surface area contributed by atoms with Crippen molar-refractivity contribution in [2.24, 2.45) is 0 Å². The van der Waals surface area contributed by atoms with Crippen LogP contribution in [0.2, 0.25) is 0 Å². The maximum absolute atomic E-state index is 11.0. The maximum atomic E-state index is 11.0. The topological polar surface area (TPSA) is 61.6 Å². The van der Waals surface area contributed by atoms with E-state index in [-0.39, 0.29) is 10.6 Å². The number of nitrogens with zero attached hydrogens (tertiary/aromatic N) is 1. The first-order valence-corrected chi connectivity index (χ1v) is 7.90. The third-order valence-corrected chi connectivity index (χ3v) is 4.80. The van der Waals surface area contributed by atoms with Gasteiger partial charge < -0.3 is 9.31 Å². The van der Waals surface area contributed by atoms with Crippen LogP contribution < -0.4 is 5.46 Å². The number of benzene rings is 2. The van der Waals surface area contributed by atoms with Gasteiger partial charge in [-0.25, -0.2) is 0 Å². The Morgan fingerprint density at radius 2 is 1.46 bits per heavy atom. The molecule has 0 atom stereocenters. The van der Waals surface area contributed by atoms with Gasteiger partial charge in [-0.05, 0) is 44.3 Å². The van der Waals surface area contributed by atoms with Crippen LogP contribution in [0.15, 0.2) is 48.5 Å². The van der Waals surface area contributed by atoms with Crippen molar-refractivity contribution in [3.8, 4) is 11.1 Å². The Kier molecular flexibility index (Phi) is 3.97. The van der Waals surface area contributed by atoms with Crippen molar-refractivity contribution in [3.05, 3.63) is 58.6 Å². The molecule has 3 rings (SSSR count). The zero-order valence-electron chi connectivity index (χ0n) is 14.3. The molecule has 1 saturated heterocycles. The second-order valence-corrected chi connectivity index (χ2v) is 7.02. The predicted molar refractivity (Wildman–Crippen MR) is 94.2 cm³/mol. The molecule has 2 aromatic carbocycles. The number of hydrogen-bond donors (Lipinski definition) is 0. The van der Waals surface area contributed by atoms with Gasteiger partial charge in [0.15, 0.2) is 0 Å². The monoisotopic (exact) mass is 325 g/mol.